The van der Waals surface area contributed by atoms with E-state index in [0.717, 1.165) is 35.8 Å². The van der Waals surface area contributed by atoms with Crippen LogP contribution in [0.4, 0.5) is 0 Å². The van der Waals surface area contributed by atoms with Crippen LogP contribution in [0, 0.1) is 0 Å². The van der Waals surface area contributed by atoms with Crippen LogP contribution in [0.5, 0.6) is 0 Å². The van der Waals surface area contributed by atoms with Crippen LogP contribution >= 0.6 is 0 Å². The molecule has 0 aliphatic carbocycles. The quantitative estimate of drug-likeness (QED) is 0.198. The summed E-state index contributed by atoms with van der Waals surface area (Å²) in [5.74, 6) is 1.68. The summed E-state index contributed by atoms with van der Waals surface area (Å²) < 4.78 is 13.1. The van der Waals surface area contributed by atoms with Crippen molar-refractivity contribution in [1.82, 2.24) is 4.74 Å². The molecule has 1 heterocycles. The van der Waals surface area contributed by atoms with Gasteiger partial charge in [0.1, 0.15) is 0 Å². The van der Waals surface area contributed by atoms with Crippen molar-refractivity contribution in [2.45, 2.75) is 46.5 Å². The van der Waals surface area contributed by atoms with Gasteiger partial charge in [0.2, 0.25) is 0 Å². The van der Waals surface area contributed by atoms with Crippen LogP contribution in [0.2, 0.25) is 0 Å². The number of nitrogens with zero attached hydrogens (tertiary/aromatic N) is 1. The molecule has 0 fully saturated rings. The summed E-state index contributed by atoms with van der Waals surface area (Å²) in [7, 11) is 0. The Morgan fingerprint density at radius 3 is 2.44 bits per heavy atom. The summed E-state index contributed by atoms with van der Waals surface area (Å²) >= 11 is 0. The molecule has 1 aromatic carbocycles. The number of hydrogen-bond acceptors (Lipinski definition) is 3. The van der Waals surface area contributed by atoms with Crippen molar-refractivity contribution >= 4 is 11.5 Å². The van der Waals surface area contributed by atoms with E-state index in [0.29, 0.717) is 5.56 Å². The third kappa shape index (κ3) is 6.17. The number of Topliss-reactive ketones (excluding diaryl/α,β-unsaturated/α-hetero) is 1. The zero-order valence-electron chi connectivity index (χ0n) is 16.5. The minimum absolute atomic E-state index is 0.0540. The molecular weight excluding hydrogens is 338 g/mol. The van der Waals surface area contributed by atoms with Crippen molar-refractivity contribution in [1.29, 1.82) is 0 Å². The molecule has 1 aromatic heterocycles. The lowest BCUT2D eigenvalue weighted by Gasteiger charge is -2.14. The number of unbranched alkanes of at least 4 members (excludes halogenated alkanes) is 3. The average molecular weight is 367 g/mol. The van der Waals surface area contributed by atoms with Crippen molar-refractivity contribution in [3.05, 3.63) is 66.6 Å². The molecule has 2 rings (SSSR count). The average Bonchev–Trinajstić information content (AvgIpc) is 2.63. The monoisotopic (exact) mass is 367 g/mol. The van der Waals surface area contributed by atoms with Gasteiger partial charge in [-0.2, -0.15) is 4.74 Å². The van der Waals surface area contributed by atoms with E-state index in [4.69, 9.17) is 9.26 Å². The minimum Gasteiger partial charge on any atom is -0.498 e. The van der Waals surface area contributed by atoms with Gasteiger partial charge in [0.05, 0.1) is 24.3 Å². The first-order valence-electron chi connectivity index (χ1n) is 9.49. The van der Waals surface area contributed by atoms with Crippen molar-refractivity contribution in [3.63, 3.8) is 0 Å². The van der Waals surface area contributed by atoms with Gasteiger partial charge in [-0.3, -0.25) is 4.79 Å². The summed E-state index contributed by atoms with van der Waals surface area (Å²) in [6, 6.07) is 7.37. The molecule has 27 heavy (non-hydrogen) atoms. The second-order valence-electron chi connectivity index (χ2n) is 6.53. The highest BCUT2D eigenvalue weighted by molar-refractivity contribution is 5.94. The van der Waals surface area contributed by atoms with Crippen molar-refractivity contribution in [2.75, 3.05) is 6.61 Å². The lowest BCUT2D eigenvalue weighted by Crippen LogP contribution is -2.02. The van der Waals surface area contributed by atoms with Gasteiger partial charge in [-0.1, -0.05) is 57.0 Å². The highest BCUT2D eigenvalue weighted by Gasteiger charge is 2.10. The molecule has 0 atom stereocenters. The molecule has 0 aliphatic heterocycles. The third-order valence-corrected chi connectivity index (χ3v) is 4.29. The summed E-state index contributed by atoms with van der Waals surface area (Å²) in [6.07, 6.45) is 12.2. The van der Waals surface area contributed by atoms with E-state index >= 15 is 0 Å². The molecular formula is C23H29NO3. The molecule has 0 amide bonds. The molecule has 0 spiro atoms. The summed E-state index contributed by atoms with van der Waals surface area (Å²) in [5, 5.41) is 0. The van der Waals surface area contributed by atoms with E-state index in [9.17, 15) is 4.79 Å². The number of aromatic nitrogens is 1. The van der Waals surface area contributed by atoms with Crippen molar-refractivity contribution in [3.8, 4) is 11.3 Å². The highest BCUT2D eigenvalue weighted by Crippen LogP contribution is 2.25. The number of ketones is 1. The zero-order chi connectivity index (χ0) is 19.6. The Balaban J connectivity index is 1.95. The Labute approximate surface area is 161 Å². The number of carbonyl (C=O) groups is 1. The molecule has 2 aromatic rings. The van der Waals surface area contributed by atoms with E-state index in [1.54, 1.807) is 29.9 Å². The first-order chi connectivity index (χ1) is 13.0. The normalized spacial score (nSPS) is 12.3. The smallest absolute Gasteiger partial charge is 0.182 e. The molecule has 144 valence electrons. The lowest BCUT2D eigenvalue weighted by atomic mass is 10.1. The fraction of sp³-hybridized carbons (Fsp3) is 0.348. The first-order valence-corrected chi connectivity index (χ1v) is 9.49. The molecule has 0 unspecified atom stereocenters. The Morgan fingerprint density at radius 1 is 1.15 bits per heavy atom. The Bertz CT molecular complexity index is 791. The van der Waals surface area contributed by atoms with E-state index in [-0.39, 0.29) is 5.78 Å². The Hall–Kier alpha value is -2.75. The van der Waals surface area contributed by atoms with Gasteiger partial charge >= 0.3 is 0 Å². The number of ether oxygens (including phenoxy) is 1. The molecule has 0 N–H and O–H groups in total. The minimum atomic E-state index is 0.0540. The summed E-state index contributed by atoms with van der Waals surface area (Å²) in [4.78, 5) is 11.3. The number of rotatable bonds is 11. The van der Waals surface area contributed by atoms with Crippen LogP contribution in [-0.4, -0.2) is 17.1 Å². The molecule has 0 bridgehead atoms. The third-order valence-electron chi connectivity index (χ3n) is 4.29. The zero-order valence-corrected chi connectivity index (χ0v) is 16.5. The van der Waals surface area contributed by atoms with Crippen LogP contribution in [-0.2, 0) is 4.74 Å². The number of allylic oxidation sites excluding steroid dienone is 5. The Morgan fingerprint density at radius 2 is 1.85 bits per heavy atom. The van der Waals surface area contributed by atoms with Gasteiger partial charge in [-0.05, 0) is 38.5 Å². The number of carbonyl (C=O) groups excluding carboxylic acids is 1. The van der Waals surface area contributed by atoms with Gasteiger partial charge in [-0.15, -0.1) is 0 Å². The van der Waals surface area contributed by atoms with E-state index in [1.807, 2.05) is 37.4 Å². The van der Waals surface area contributed by atoms with Crippen LogP contribution in [0.3, 0.4) is 0 Å². The Kier molecular flexibility index (Phi) is 7.93. The van der Waals surface area contributed by atoms with Gasteiger partial charge in [0.25, 0.3) is 0 Å². The topological polar surface area (TPSA) is 44.4 Å². The molecule has 4 heteroatoms. The second-order valence-corrected chi connectivity index (χ2v) is 6.53. The second kappa shape index (κ2) is 10.4. The highest BCUT2D eigenvalue weighted by atomic mass is 16.5. The molecule has 0 saturated carbocycles. The first kappa shape index (κ1) is 20.6. The van der Waals surface area contributed by atoms with Crippen LogP contribution in [0.1, 0.15) is 56.8 Å². The van der Waals surface area contributed by atoms with Crippen molar-refractivity contribution in [2.24, 2.45) is 0 Å². The fourth-order valence-electron chi connectivity index (χ4n) is 2.58. The largest absolute Gasteiger partial charge is 0.498 e. The maximum atomic E-state index is 11.3. The predicted octanol–water partition coefficient (Wildman–Crippen LogP) is 6.48. The van der Waals surface area contributed by atoms with Gasteiger partial charge in [0.15, 0.2) is 11.5 Å². The maximum absolute atomic E-state index is 11.3. The number of hydrogen-bond donors (Lipinski definition) is 0. The van der Waals surface area contributed by atoms with Gasteiger partial charge in [-0.25, -0.2) is 0 Å². The molecule has 0 radical (unpaired) electrons. The van der Waals surface area contributed by atoms with Crippen LogP contribution in [0.15, 0.2) is 65.6 Å². The van der Waals surface area contributed by atoms with Crippen LogP contribution < -0.4 is 0 Å². The SMILES string of the molecule is C=C/C(=C\C=C(/C)OCCCCCC)n1cc(-c2ccc(C(C)=O)cc2)o1. The van der Waals surface area contributed by atoms with Crippen molar-refractivity contribution < 1.29 is 14.1 Å². The summed E-state index contributed by atoms with van der Waals surface area (Å²) in [5.41, 5.74) is 2.45. The van der Waals surface area contributed by atoms with E-state index < -0.39 is 0 Å². The van der Waals surface area contributed by atoms with Crippen LogP contribution in [0.25, 0.3) is 17.0 Å². The summed E-state index contributed by atoms with van der Waals surface area (Å²) in [6.45, 7) is 10.3. The molecule has 4 nitrogen and oxygen atoms in total. The van der Waals surface area contributed by atoms with E-state index in [2.05, 4.69) is 13.5 Å². The predicted molar refractivity (Wildman–Crippen MR) is 110 cm³/mol. The van der Waals surface area contributed by atoms with E-state index in [1.165, 1.54) is 19.3 Å². The van der Waals surface area contributed by atoms with Gasteiger partial charge < -0.3 is 9.26 Å². The number of benzene rings is 1. The maximum Gasteiger partial charge on any atom is 0.182 e. The molecule has 0 saturated heterocycles. The molecule has 0 aliphatic rings. The standard InChI is InChI=1S/C23H29NO3/c1-5-7-8-9-16-26-18(3)10-15-22(6-2)24-17-23(27-24)21-13-11-20(12-14-21)19(4)25/h6,10-15,17H,2,5,7-9,16H2,1,3-4H3/b18-10+,22-15+. The lowest BCUT2D eigenvalue weighted by molar-refractivity contribution is 0.101. The fourth-order valence-corrected chi connectivity index (χ4v) is 2.58. The van der Waals surface area contributed by atoms with Gasteiger partial charge in [0, 0.05) is 11.1 Å².